The molecule has 1 unspecified atom stereocenters. The predicted octanol–water partition coefficient (Wildman–Crippen LogP) is 0.853. The molecule has 1 aromatic rings. The van der Waals surface area contributed by atoms with Gasteiger partial charge < -0.3 is 4.57 Å². The summed E-state index contributed by atoms with van der Waals surface area (Å²) < 4.78 is 2.10. The van der Waals surface area contributed by atoms with Gasteiger partial charge in [0.05, 0.1) is 6.54 Å². The van der Waals surface area contributed by atoms with Gasteiger partial charge in [-0.25, -0.2) is 0 Å². The second-order valence-electron chi connectivity index (χ2n) is 5.08. The minimum Gasteiger partial charge on any atom is -0.315 e. The highest BCUT2D eigenvalue weighted by Gasteiger charge is 2.26. The van der Waals surface area contributed by atoms with E-state index in [2.05, 4.69) is 19.7 Å². The van der Waals surface area contributed by atoms with Crippen LogP contribution in [0.3, 0.4) is 0 Å². The molecule has 92 valence electrons. The molecule has 2 aliphatic rings. The summed E-state index contributed by atoms with van der Waals surface area (Å²) in [5, 5.41) is 8.02. The van der Waals surface area contributed by atoms with Crippen LogP contribution in [0.2, 0.25) is 0 Å². The van der Waals surface area contributed by atoms with E-state index >= 15 is 0 Å². The minimum absolute atomic E-state index is 0.262. The molecule has 0 spiro atoms. The second kappa shape index (κ2) is 4.56. The summed E-state index contributed by atoms with van der Waals surface area (Å²) in [6.45, 7) is 3.70. The first-order valence-electron chi connectivity index (χ1n) is 6.44. The van der Waals surface area contributed by atoms with Crippen molar-refractivity contribution < 1.29 is 4.79 Å². The third-order valence-electron chi connectivity index (χ3n) is 3.88. The van der Waals surface area contributed by atoms with E-state index in [1.54, 1.807) is 6.33 Å². The van der Waals surface area contributed by atoms with Gasteiger partial charge in [-0.05, 0) is 12.8 Å². The van der Waals surface area contributed by atoms with Crippen molar-refractivity contribution in [3.05, 3.63) is 12.2 Å². The number of fused-ring (bicyclic) bond motifs is 1. The summed E-state index contributed by atoms with van der Waals surface area (Å²) in [5.74, 6) is 1.75. The van der Waals surface area contributed by atoms with E-state index in [4.69, 9.17) is 0 Å². The molecule has 1 atom stereocenters. The fraction of sp³-hybridized carbons (Fsp3) is 0.750. The molecule has 0 saturated heterocycles. The van der Waals surface area contributed by atoms with E-state index in [-0.39, 0.29) is 5.92 Å². The average molecular weight is 234 g/mol. The zero-order valence-electron chi connectivity index (χ0n) is 10.0. The van der Waals surface area contributed by atoms with Gasteiger partial charge in [-0.1, -0.05) is 6.42 Å². The van der Waals surface area contributed by atoms with Crippen molar-refractivity contribution in [3.63, 3.8) is 0 Å². The zero-order valence-corrected chi connectivity index (χ0v) is 10.0. The van der Waals surface area contributed by atoms with Crippen LogP contribution in [0, 0.1) is 5.92 Å². The minimum atomic E-state index is 0.262. The summed E-state index contributed by atoms with van der Waals surface area (Å²) in [5.41, 5.74) is 0. The van der Waals surface area contributed by atoms with E-state index in [1.165, 1.54) is 6.42 Å². The number of ketones is 1. The van der Waals surface area contributed by atoms with Gasteiger partial charge in [0, 0.05) is 32.0 Å². The lowest BCUT2D eigenvalue weighted by atomic mass is 9.87. The molecule has 1 aromatic heterocycles. The smallest absolute Gasteiger partial charge is 0.147 e. The monoisotopic (exact) mass is 234 g/mol. The van der Waals surface area contributed by atoms with Crippen LogP contribution in [0.25, 0.3) is 0 Å². The van der Waals surface area contributed by atoms with Crippen molar-refractivity contribution in [2.75, 3.05) is 13.1 Å². The van der Waals surface area contributed by atoms with Crippen LogP contribution in [-0.4, -0.2) is 38.5 Å². The van der Waals surface area contributed by atoms with Crippen LogP contribution in [0.5, 0.6) is 0 Å². The van der Waals surface area contributed by atoms with E-state index in [9.17, 15) is 4.79 Å². The van der Waals surface area contributed by atoms with Gasteiger partial charge in [-0.15, -0.1) is 10.2 Å². The fourth-order valence-corrected chi connectivity index (χ4v) is 2.83. The number of Topliss-reactive ketones (excluding diaryl/α,β-unsaturated/α-hetero) is 1. The summed E-state index contributed by atoms with van der Waals surface area (Å²) >= 11 is 0. The maximum absolute atomic E-state index is 11.8. The molecule has 2 heterocycles. The first-order chi connectivity index (χ1) is 8.33. The van der Waals surface area contributed by atoms with Gasteiger partial charge in [0.2, 0.25) is 0 Å². The van der Waals surface area contributed by atoms with Crippen molar-refractivity contribution >= 4 is 5.78 Å². The van der Waals surface area contributed by atoms with Gasteiger partial charge in [-0.3, -0.25) is 9.69 Å². The Morgan fingerprint density at radius 3 is 3.18 bits per heavy atom. The molecule has 1 fully saturated rings. The van der Waals surface area contributed by atoms with Crippen LogP contribution in [0.15, 0.2) is 6.33 Å². The van der Waals surface area contributed by atoms with Crippen molar-refractivity contribution in [1.29, 1.82) is 0 Å². The molecule has 5 nitrogen and oxygen atoms in total. The summed E-state index contributed by atoms with van der Waals surface area (Å²) in [4.78, 5) is 14.1. The highest BCUT2D eigenvalue weighted by atomic mass is 16.1. The van der Waals surface area contributed by atoms with Crippen molar-refractivity contribution in [3.8, 4) is 0 Å². The number of carbonyl (C=O) groups is 1. The second-order valence-corrected chi connectivity index (χ2v) is 5.08. The largest absolute Gasteiger partial charge is 0.315 e. The Kier molecular flexibility index (Phi) is 2.93. The molecule has 5 heteroatoms. The van der Waals surface area contributed by atoms with Crippen LogP contribution in [0.1, 0.15) is 31.5 Å². The Bertz CT molecular complexity index is 414. The third-order valence-corrected chi connectivity index (χ3v) is 3.88. The highest BCUT2D eigenvalue weighted by molar-refractivity contribution is 5.81. The van der Waals surface area contributed by atoms with Gasteiger partial charge in [0.15, 0.2) is 0 Å². The van der Waals surface area contributed by atoms with E-state index in [0.717, 1.165) is 51.3 Å². The topological polar surface area (TPSA) is 51.0 Å². The van der Waals surface area contributed by atoms with Gasteiger partial charge >= 0.3 is 0 Å². The number of rotatable bonds is 2. The molecule has 1 aliphatic carbocycles. The first kappa shape index (κ1) is 10.9. The maximum atomic E-state index is 11.8. The highest BCUT2D eigenvalue weighted by Crippen LogP contribution is 2.22. The third kappa shape index (κ3) is 2.24. The molecule has 0 amide bonds. The molecular formula is C12H18N4O. The van der Waals surface area contributed by atoms with Crippen LogP contribution in [0.4, 0.5) is 0 Å². The summed E-state index contributed by atoms with van der Waals surface area (Å²) in [7, 11) is 0. The summed E-state index contributed by atoms with van der Waals surface area (Å²) in [6, 6.07) is 0. The van der Waals surface area contributed by atoms with Crippen molar-refractivity contribution in [2.24, 2.45) is 5.92 Å². The molecule has 17 heavy (non-hydrogen) atoms. The zero-order chi connectivity index (χ0) is 11.7. The number of carbonyl (C=O) groups excluding carboxylic acids is 1. The van der Waals surface area contributed by atoms with Crippen LogP contribution < -0.4 is 0 Å². The lowest BCUT2D eigenvalue weighted by Crippen LogP contribution is -2.39. The van der Waals surface area contributed by atoms with Gasteiger partial charge in [0.1, 0.15) is 17.9 Å². The lowest BCUT2D eigenvalue weighted by Gasteiger charge is -2.31. The van der Waals surface area contributed by atoms with E-state index in [0.29, 0.717) is 5.78 Å². The van der Waals surface area contributed by atoms with Crippen molar-refractivity contribution in [2.45, 2.75) is 38.8 Å². The Balaban J connectivity index is 1.61. The fourth-order valence-electron chi connectivity index (χ4n) is 2.83. The Labute approximate surface area is 101 Å². The van der Waals surface area contributed by atoms with Crippen molar-refractivity contribution in [1.82, 2.24) is 19.7 Å². The molecule has 0 aromatic carbocycles. The van der Waals surface area contributed by atoms with Gasteiger partial charge in [-0.2, -0.15) is 0 Å². The maximum Gasteiger partial charge on any atom is 0.147 e. The number of nitrogens with zero attached hydrogens (tertiary/aromatic N) is 4. The Hall–Kier alpha value is -1.23. The molecule has 1 saturated carbocycles. The lowest BCUT2D eigenvalue weighted by molar-refractivity contribution is -0.125. The molecule has 0 N–H and O–H groups in total. The molecule has 3 rings (SSSR count). The van der Waals surface area contributed by atoms with Gasteiger partial charge in [0.25, 0.3) is 0 Å². The van der Waals surface area contributed by atoms with E-state index in [1.807, 2.05) is 0 Å². The van der Waals surface area contributed by atoms with Crippen LogP contribution in [-0.2, 0) is 17.9 Å². The first-order valence-corrected chi connectivity index (χ1v) is 6.44. The average Bonchev–Trinajstić information content (AvgIpc) is 2.79. The SMILES string of the molecule is O=C1CCCCC1CN1CCn2cnnc2C1. The standard InChI is InChI=1S/C12H18N4O/c17-11-4-2-1-3-10(11)7-15-5-6-16-9-13-14-12(16)8-15/h9-10H,1-8H2. The number of hydrogen-bond donors (Lipinski definition) is 0. The Morgan fingerprint density at radius 1 is 1.35 bits per heavy atom. The normalized spacial score (nSPS) is 25.9. The molecule has 0 bridgehead atoms. The molecule has 0 radical (unpaired) electrons. The molecule has 1 aliphatic heterocycles. The molecular weight excluding hydrogens is 216 g/mol. The Morgan fingerprint density at radius 2 is 2.29 bits per heavy atom. The van der Waals surface area contributed by atoms with Crippen LogP contribution >= 0.6 is 0 Å². The number of aromatic nitrogens is 3. The predicted molar refractivity (Wildman–Crippen MR) is 62.3 cm³/mol. The summed E-state index contributed by atoms with van der Waals surface area (Å²) in [6.07, 6.45) is 5.94. The quantitative estimate of drug-likeness (QED) is 0.761. The number of hydrogen-bond acceptors (Lipinski definition) is 4. The van der Waals surface area contributed by atoms with E-state index < -0.39 is 0 Å².